The molecule has 0 amide bonds. The normalized spacial score (nSPS) is 19.9. The van der Waals surface area contributed by atoms with Crippen LogP contribution in [0.4, 0.5) is 11.6 Å². The van der Waals surface area contributed by atoms with Gasteiger partial charge in [0.15, 0.2) is 5.65 Å². The maximum absolute atomic E-state index is 6.07. The summed E-state index contributed by atoms with van der Waals surface area (Å²) < 4.78 is 3.19. The minimum Gasteiger partial charge on any atom is -0.383 e. The topological polar surface area (TPSA) is 85.5 Å². The molecule has 0 radical (unpaired) electrons. The number of fused-ring (bicyclic) bond motifs is 1. The van der Waals surface area contributed by atoms with Crippen molar-refractivity contribution in [2.24, 2.45) is 5.73 Å². The summed E-state index contributed by atoms with van der Waals surface area (Å²) in [5.74, 6) is 1.37. The Hall–Kier alpha value is -0.860. The highest BCUT2D eigenvalue weighted by molar-refractivity contribution is 9.11. The first-order chi connectivity index (χ1) is 8.58. The molecule has 3 rings (SSSR count). The first-order valence-corrected chi connectivity index (χ1v) is 7.15. The lowest BCUT2D eigenvalue weighted by molar-refractivity contribution is 0.751. The van der Waals surface area contributed by atoms with Gasteiger partial charge in [0, 0.05) is 19.1 Å². The van der Waals surface area contributed by atoms with E-state index in [1.54, 1.807) is 10.7 Å². The fourth-order valence-corrected chi connectivity index (χ4v) is 3.00. The van der Waals surface area contributed by atoms with Crippen LogP contribution < -0.4 is 16.4 Å². The highest BCUT2D eigenvalue weighted by Gasteiger charge is 2.24. The summed E-state index contributed by atoms with van der Waals surface area (Å²) in [5, 5.41) is 4.17. The summed E-state index contributed by atoms with van der Waals surface area (Å²) in [6.07, 6.45) is 2.66. The molecular formula is C10H12Br2N6. The van der Waals surface area contributed by atoms with Gasteiger partial charge >= 0.3 is 0 Å². The minimum atomic E-state index is 0.199. The molecule has 0 aliphatic carbocycles. The molecule has 3 heterocycles. The second kappa shape index (κ2) is 4.36. The van der Waals surface area contributed by atoms with E-state index in [0.717, 1.165) is 34.3 Å². The monoisotopic (exact) mass is 374 g/mol. The van der Waals surface area contributed by atoms with Crippen LogP contribution in [0.5, 0.6) is 0 Å². The van der Waals surface area contributed by atoms with Gasteiger partial charge in [0.25, 0.3) is 0 Å². The van der Waals surface area contributed by atoms with E-state index in [1.807, 2.05) is 0 Å². The van der Waals surface area contributed by atoms with Gasteiger partial charge in [0.05, 0.1) is 10.7 Å². The molecule has 1 fully saturated rings. The summed E-state index contributed by atoms with van der Waals surface area (Å²) >= 11 is 6.91. The zero-order valence-electron chi connectivity index (χ0n) is 9.48. The van der Waals surface area contributed by atoms with Crippen molar-refractivity contribution in [3.8, 4) is 0 Å². The smallest absolute Gasteiger partial charge is 0.173 e. The molecule has 0 aromatic carbocycles. The van der Waals surface area contributed by atoms with Gasteiger partial charge in [-0.2, -0.15) is 9.61 Å². The molecule has 8 heteroatoms. The highest BCUT2D eigenvalue weighted by atomic mass is 79.9. The standard InChI is InChI=1S/C10H12Br2N6/c11-6-3-15-18-8(14)7(12)10(16-9(6)18)17-2-1-5(13)4-17/h3,5H,1-2,4,13-14H2. The van der Waals surface area contributed by atoms with E-state index >= 15 is 0 Å². The molecular weight excluding hydrogens is 364 g/mol. The van der Waals surface area contributed by atoms with Gasteiger partial charge in [0.2, 0.25) is 0 Å². The number of hydrogen-bond acceptors (Lipinski definition) is 5. The Bertz CT molecular complexity index is 610. The Morgan fingerprint density at radius 3 is 2.83 bits per heavy atom. The summed E-state index contributed by atoms with van der Waals surface area (Å²) in [7, 11) is 0. The lowest BCUT2D eigenvalue weighted by Crippen LogP contribution is -2.27. The lowest BCUT2D eigenvalue weighted by atomic mass is 10.3. The lowest BCUT2D eigenvalue weighted by Gasteiger charge is -2.19. The van der Waals surface area contributed by atoms with Crippen molar-refractivity contribution in [1.82, 2.24) is 14.6 Å². The third-order valence-corrected chi connectivity index (χ3v) is 4.41. The Morgan fingerprint density at radius 1 is 1.39 bits per heavy atom. The van der Waals surface area contributed by atoms with Crippen LogP contribution in [0.1, 0.15) is 6.42 Å². The fraction of sp³-hybridized carbons (Fsp3) is 0.400. The first kappa shape index (κ1) is 12.2. The molecule has 2 aromatic heterocycles. The zero-order valence-corrected chi connectivity index (χ0v) is 12.6. The van der Waals surface area contributed by atoms with E-state index in [2.05, 4.69) is 46.8 Å². The Kier molecular flexibility index (Phi) is 2.95. The maximum atomic E-state index is 6.07. The summed E-state index contributed by atoms with van der Waals surface area (Å²) in [5.41, 5.74) is 12.7. The van der Waals surface area contributed by atoms with Crippen LogP contribution in [-0.2, 0) is 0 Å². The molecule has 0 spiro atoms. The van der Waals surface area contributed by atoms with Gasteiger partial charge in [-0.25, -0.2) is 4.98 Å². The largest absolute Gasteiger partial charge is 0.383 e. The molecule has 1 unspecified atom stereocenters. The Morgan fingerprint density at radius 2 is 2.17 bits per heavy atom. The fourth-order valence-electron chi connectivity index (χ4n) is 2.15. The van der Waals surface area contributed by atoms with Crippen LogP contribution in [0, 0.1) is 0 Å². The minimum absolute atomic E-state index is 0.199. The summed E-state index contributed by atoms with van der Waals surface area (Å²) in [6, 6.07) is 0.199. The van der Waals surface area contributed by atoms with E-state index in [9.17, 15) is 0 Å². The molecule has 0 saturated carbocycles. The number of anilines is 2. The van der Waals surface area contributed by atoms with Crippen LogP contribution >= 0.6 is 31.9 Å². The Balaban J connectivity index is 2.17. The molecule has 2 aromatic rings. The van der Waals surface area contributed by atoms with Crippen LogP contribution in [-0.4, -0.2) is 33.7 Å². The second-order valence-electron chi connectivity index (χ2n) is 4.36. The second-order valence-corrected chi connectivity index (χ2v) is 6.00. The molecule has 1 saturated heterocycles. The van der Waals surface area contributed by atoms with Crippen molar-refractivity contribution in [3.05, 3.63) is 15.1 Å². The SMILES string of the molecule is Nc1c(Br)c(N2CCC(N)C2)nc2c(Br)cnn12. The van der Waals surface area contributed by atoms with Crippen LogP contribution in [0.25, 0.3) is 5.65 Å². The third-order valence-electron chi connectivity index (χ3n) is 3.09. The number of nitrogens with two attached hydrogens (primary N) is 2. The third kappa shape index (κ3) is 1.79. The number of halogens is 2. The molecule has 4 N–H and O–H groups in total. The van der Waals surface area contributed by atoms with E-state index in [-0.39, 0.29) is 6.04 Å². The van der Waals surface area contributed by atoms with Gasteiger partial charge in [-0.3, -0.25) is 0 Å². The quantitative estimate of drug-likeness (QED) is 0.786. The van der Waals surface area contributed by atoms with Crippen LogP contribution in [0.15, 0.2) is 15.1 Å². The number of rotatable bonds is 1. The molecule has 1 aliphatic heterocycles. The molecule has 1 aliphatic rings. The number of hydrogen-bond donors (Lipinski definition) is 2. The van der Waals surface area contributed by atoms with Crippen molar-refractivity contribution in [2.75, 3.05) is 23.7 Å². The van der Waals surface area contributed by atoms with Crippen molar-refractivity contribution >= 4 is 49.1 Å². The van der Waals surface area contributed by atoms with E-state index in [1.165, 1.54) is 0 Å². The number of nitrogen functional groups attached to an aromatic ring is 1. The van der Waals surface area contributed by atoms with Gasteiger partial charge in [0.1, 0.15) is 16.1 Å². The molecule has 0 bridgehead atoms. The molecule has 96 valence electrons. The maximum Gasteiger partial charge on any atom is 0.173 e. The summed E-state index contributed by atoms with van der Waals surface area (Å²) in [4.78, 5) is 6.75. The van der Waals surface area contributed by atoms with Gasteiger partial charge in [-0.15, -0.1) is 0 Å². The van der Waals surface area contributed by atoms with E-state index in [4.69, 9.17) is 11.5 Å². The highest BCUT2D eigenvalue weighted by Crippen LogP contribution is 2.33. The van der Waals surface area contributed by atoms with Crippen LogP contribution in [0.2, 0.25) is 0 Å². The predicted octanol–water partition coefficient (Wildman–Crippen LogP) is 1.37. The average molecular weight is 376 g/mol. The van der Waals surface area contributed by atoms with E-state index in [0.29, 0.717) is 11.5 Å². The first-order valence-electron chi connectivity index (χ1n) is 5.56. The van der Waals surface area contributed by atoms with Gasteiger partial charge < -0.3 is 16.4 Å². The number of aromatic nitrogens is 3. The van der Waals surface area contributed by atoms with Crippen molar-refractivity contribution < 1.29 is 0 Å². The predicted molar refractivity (Wildman–Crippen MR) is 77.6 cm³/mol. The summed E-state index contributed by atoms with van der Waals surface area (Å²) in [6.45, 7) is 1.70. The van der Waals surface area contributed by atoms with Crippen molar-refractivity contribution in [3.63, 3.8) is 0 Å². The van der Waals surface area contributed by atoms with Crippen molar-refractivity contribution in [2.45, 2.75) is 12.5 Å². The average Bonchev–Trinajstić information content (AvgIpc) is 2.91. The Labute approximate surface area is 121 Å². The number of nitrogens with zero attached hydrogens (tertiary/aromatic N) is 4. The van der Waals surface area contributed by atoms with E-state index < -0.39 is 0 Å². The molecule has 6 nitrogen and oxygen atoms in total. The van der Waals surface area contributed by atoms with Crippen molar-refractivity contribution in [1.29, 1.82) is 0 Å². The molecule has 18 heavy (non-hydrogen) atoms. The van der Waals surface area contributed by atoms with Crippen LogP contribution in [0.3, 0.4) is 0 Å². The molecule has 1 atom stereocenters. The zero-order chi connectivity index (χ0) is 12.9. The van der Waals surface area contributed by atoms with Gasteiger partial charge in [-0.1, -0.05) is 0 Å². The van der Waals surface area contributed by atoms with Gasteiger partial charge in [-0.05, 0) is 38.3 Å².